The molecule has 1 N–H and O–H groups in total. The molecule has 0 bridgehead atoms. The fourth-order valence-corrected chi connectivity index (χ4v) is 5.06. The lowest BCUT2D eigenvalue weighted by molar-refractivity contribution is -0.140. The topological polar surface area (TPSA) is 105 Å². The quantitative estimate of drug-likeness (QED) is 0.349. The van der Waals surface area contributed by atoms with Crippen LogP contribution in [-0.4, -0.2) is 64.7 Å². The zero-order valence-electron chi connectivity index (χ0n) is 22.7. The summed E-state index contributed by atoms with van der Waals surface area (Å²) in [5.74, 6) is -0.153. The van der Waals surface area contributed by atoms with E-state index in [2.05, 4.69) is 5.32 Å². The lowest BCUT2D eigenvalue weighted by Gasteiger charge is -2.33. The monoisotopic (exact) mass is 553 g/mol. The van der Waals surface area contributed by atoms with Crippen molar-refractivity contribution in [2.24, 2.45) is 0 Å². The maximum Gasteiger partial charge on any atom is 0.244 e. The Hall–Kier alpha value is -4.05. The number of sulfonamides is 1. The lowest BCUT2D eigenvalue weighted by Crippen LogP contribution is -2.53. The SMILES string of the molecule is CCNC(=O)[C@H](Cc1ccccc1)N(Cc1ccccc1)C(=O)CN(c1ccc(OC)cc1OC)S(C)(=O)=O. The van der Waals surface area contributed by atoms with E-state index in [0.717, 1.165) is 21.7 Å². The van der Waals surface area contributed by atoms with E-state index >= 15 is 0 Å². The van der Waals surface area contributed by atoms with Crippen LogP contribution >= 0.6 is 0 Å². The van der Waals surface area contributed by atoms with Crippen molar-refractivity contribution in [1.82, 2.24) is 10.2 Å². The summed E-state index contributed by atoms with van der Waals surface area (Å²) in [5.41, 5.74) is 1.86. The molecule has 0 unspecified atom stereocenters. The average molecular weight is 554 g/mol. The summed E-state index contributed by atoms with van der Waals surface area (Å²) in [4.78, 5) is 28.8. The fraction of sp³-hybridized carbons (Fsp3) is 0.310. The highest BCUT2D eigenvalue weighted by atomic mass is 32.2. The number of likely N-dealkylation sites (N-methyl/N-ethyl adjacent to an activating group) is 1. The van der Waals surface area contributed by atoms with E-state index in [9.17, 15) is 18.0 Å². The van der Waals surface area contributed by atoms with Gasteiger partial charge in [0.1, 0.15) is 24.1 Å². The third-order valence-electron chi connectivity index (χ3n) is 6.15. The van der Waals surface area contributed by atoms with Crippen LogP contribution in [0.3, 0.4) is 0 Å². The second kappa shape index (κ2) is 13.7. The minimum Gasteiger partial charge on any atom is -0.497 e. The molecule has 39 heavy (non-hydrogen) atoms. The van der Waals surface area contributed by atoms with Gasteiger partial charge in [-0.1, -0.05) is 60.7 Å². The summed E-state index contributed by atoms with van der Waals surface area (Å²) in [6, 6.07) is 22.5. The zero-order valence-corrected chi connectivity index (χ0v) is 23.5. The number of anilines is 1. The highest BCUT2D eigenvalue weighted by molar-refractivity contribution is 7.92. The third-order valence-corrected chi connectivity index (χ3v) is 7.28. The van der Waals surface area contributed by atoms with Gasteiger partial charge < -0.3 is 19.7 Å². The van der Waals surface area contributed by atoms with Gasteiger partial charge in [0.05, 0.1) is 26.2 Å². The Bertz CT molecular complexity index is 1350. The number of methoxy groups -OCH3 is 2. The minimum absolute atomic E-state index is 0.117. The number of amides is 2. The van der Waals surface area contributed by atoms with Gasteiger partial charge in [-0.3, -0.25) is 13.9 Å². The molecule has 9 nitrogen and oxygen atoms in total. The van der Waals surface area contributed by atoms with E-state index in [4.69, 9.17) is 9.47 Å². The van der Waals surface area contributed by atoms with Crippen molar-refractivity contribution in [1.29, 1.82) is 0 Å². The van der Waals surface area contributed by atoms with Gasteiger partial charge in [0.15, 0.2) is 0 Å². The smallest absolute Gasteiger partial charge is 0.244 e. The van der Waals surface area contributed by atoms with E-state index in [1.807, 2.05) is 67.6 Å². The number of nitrogens with one attached hydrogen (secondary N) is 1. The van der Waals surface area contributed by atoms with E-state index in [0.29, 0.717) is 12.3 Å². The van der Waals surface area contributed by atoms with Gasteiger partial charge in [0, 0.05) is 25.6 Å². The van der Waals surface area contributed by atoms with Crippen LogP contribution in [-0.2, 0) is 32.6 Å². The van der Waals surface area contributed by atoms with Gasteiger partial charge in [-0.2, -0.15) is 0 Å². The summed E-state index contributed by atoms with van der Waals surface area (Å²) in [6.07, 6.45) is 1.28. The first kappa shape index (κ1) is 29.5. The lowest BCUT2D eigenvalue weighted by atomic mass is 10.0. The van der Waals surface area contributed by atoms with Crippen LogP contribution in [0.25, 0.3) is 0 Å². The molecule has 3 aromatic rings. The highest BCUT2D eigenvalue weighted by Crippen LogP contribution is 2.33. The highest BCUT2D eigenvalue weighted by Gasteiger charge is 2.33. The molecule has 0 aliphatic carbocycles. The predicted molar refractivity (Wildman–Crippen MR) is 151 cm³/mol. The summed E-state index contributed by atoms with van der Waals surface area (Å²) in [6.45, 7) is 1.78. The third kappa shape index (κ3) is 7.97. The molecule has 2 amide bonds. The molecule has 0 aliphatic heterocycles. The number of ether oxygens (including phenoxy) is 2. The first-order valence-electron chi connectivity index (χ1n) is 12.5. The number of hydrogen-bond acceptors (Lipinski definition) is 6. The number of nitrogens with zero attached hydrogens (tertiary/aromatic N) is 2. The molecule has 0 spiro atoms. The van der Waals surface area contributed by atoms with Gasteiger partial charge >= 0.3 is 0 Å². The van der Waals surface area contributed by atoms with Gasteiger partial charge in [-0.25, -0.2) is 8.42 Å². The van der Waals surface area contributed by atoms with E-state index in [-0.39, 0.29) is 30.3 Å². The first-order valence-corrected chi connectivity index (χ1v) is 14.4. The maximum absolute atomic E-state index is 14.0. The van der Waals surface area contributed by atoms with E-state index < -0.39 is 28.5 Å². The molecular weight excluding hydrogens is 518 g/mol. The van der Waals surface area contributed by atoms with Gasteiger partial charge in [0.25, 0.3) is 0 Å². The maximum atomic E-state index is 14.0. The standard InChI is InChI=1S/C29H35N3O6S/c1-5-30-29(34)26(18-22-12-8-6-9-13-22)31(20-23-14-10-7-11-15-23)28(33)21-32(39(4,35)36)25-17-16-24(37-2)19-27(25)38-3/h6-17,19,26H,5,18,20-21H2,1-4H3,(H,30,34)/t26-/m0/s1. The number of rotatable bonds is 13. The average Bonchev–Trinajstić information content (AvgIpc) is 2.93. The number of hydrogen-bond donors (Lipinski definition) is 1. The summed E-state index contributed by atoms with van der Waals surface area (Å²) < 4.78 is 37.6. The number of benzene rings is 3. The molecule has 0 radical (unpaired) electrons. The zero-order chi connectivity index (χ0) is 28.4. The Kier molecular flexibility index (Phi) is 10.3. The number of carbonyl (C=O) groups is 2. The molecule has 10 heteroatoms. The van der Waals surface area contributed by atoms with Crippen LogP contribution in [0.2, 0.25) is 0 Å². The second-order valence-corrected chi connectivity index (χ2v) is 10.8. The Morgan fingerprint density at radius 1 is 0.897 bits per heavy atom. The molecule has 208 valence electrons. The molecular formula is C29H35N3O6S. The van der Waals surface area contributed by atoms with Crippen LogP contribution in [0.5, 0.6) is 11.5 Å². The van der Waals surface area contributed by atoms with Crippen LogP contribution in [0.15, 0.2) is 78.9 Å². The van der Waals surface area contributed by atoms with Gasteiger partial charge in [0.2, 0.25) is 21.8 Å². The predicted octanol–water partition coefficient (Wildman–Crippen LogP) is 3.25. The summed E-state index contributed by atoms with van der Waals surface area (Å²) in [5, 5.41) is 2.83. The van der Waals surface area contributed by atoms with E-state index in [1.165, 1.54) is 25.2 Å². The largest absolute Gasteiger partial charge is 0.497 e. The molecule has 1 atom stereocenters. The van der Waals surface area contributed by atoms with Crippen molar-refractivity contribution >= 4 is 27.5 Å². The Labute approximate surface area is 230 Å². The van der Waals surface area contributed by atoms with Crippen molar-refractivity contribution in [2.75, 3.05) is 37.9 Å². The van der Waals surface area contributed by atoms with E-state index in [1.54, 1.807) is 12.1 Å². The molecule has 0 fully saturated rings. The van der Waals surface area contributed by atoms with Crippen molar-refractivity contribution in [3.8, 4) is 11.5 Å². The van der Waals surface area contributed by atoms with Crippen LogP contribution < -0.4 is 19.1 Å². The molecule has 0 saturated carbocycles. The second-order valence-electron chi connectivity index (χ2n) is 8.91. The normalized spacial score (nSPS) is 11.8. The summed E-state index contributed by atoms with van der Waals surface area (Å²) >= 11 is 0. The van der Waals surface area contributed by atoms with Crippen molar-refractivity contribution in [3.05, 3.63) is 90.0 Å². The number of carbonyl (C=O) groups excluding carboxylic acids is 2. The van der Waals surface area contributed by atoms with Crippen LogP contribution in [0.4, 0.5) is 5.69 Å². The molecule has 0 heterocycles. The van der Waals surface area contributed by atoms with Crippen molar-refractivity contribution in [3.63, 3.8) is 0 Å². The summed E-state index contributed by atoms with van der Waals surface area (Å²) in [7, 11) is -1.02. The molecule has 0 aliphatic rings. The Morgan fingerprint density at radius 2 is 1.51 bits per heavy atom. The van der Waals surface area contributed by atoms with Crippen LogP contribution in [0.1, 0.15) is 18.1 Å². The molecule has 3 rings (SSSR count). The molecule has 0 aromatic heterocycles. The van der Waals surface area contributed by atoms with Crippen molar-refractivity contribution in [2.45, 2.75) is 25.9 Å². The van der Waals surface area contributed by atoms with Gasteiger partial charge in [-0.05, 0) is 30.2 Å². The molecule has 3 aromatic carbocycles. The van der Waals surface area contributed by atoms with Crippen molar-refractivity contribution < 1.29 is 27.5 Å². The van der Waals surface area contributed by atoms with Crippen LogP contribution in [0, 0.1) is 0 Å². The Morgan fingerprint density at radius 3 is 2.05 bits per heavy atom. The molecule has 0 saturated heterocycles. The Balaban J connectivity index is 2.05. The fourth-order valence-electron chi connectivity index (χ4n) is 4.21. The van der Waals surface area contributed by atoms with Gasteiger partial charge in [-0.15, -0.1) is 0 Å². The first-order chi connectivity index (χ1) is 18.7. The minimum atomic E-state index is -3.92.